The monoisotopic (exact) mass is 302 g/mol. The Bertz CT molecular complexity index is 766. The summed E-state index contributed by atoms with van der Waals surface area (Å²) in [4.78, 5) is 19.7. The number of hydrogen-bond donors (Lipinski definition) is 1. The molecule has 0 aromatic carbocycles. The fourth-order valence-corrected chi connectivity index (χ4v) is 3.96. The van der Waals surface area contributed by atoms with Crippen LogP contribution >= 0.6 is 22.7 Å². The van der Waals surface area contributed by atoms with Crippen molar-refractivity contribution in [2.24, 2.45) is 0 Å². The molecule has 0 aliphatic rings. The van der Waals surface area contributed by atoms with Crippen LogP contribution in [0.5, 0.6) is 0 Å². The van der Waals surface area contributed by atoms with Crippen molar-refractivity contribution in [3.8, 4) is 22.0 Å². The van der Waals surface area contributed by atoms with Crippen LogP contribution in [0.15, 0.2) is 22.2 Å². The van der Waals surface area contributed by atoms with Gasteiger partial charge in [0, 0.05) is 27.6 Å². The van der Waals surface area contributed by atoms with Crippen LogP contribution in [-0.2, 0) is 0 Å². The van der Waals surface area contributed by atoms with Crippen LogP contribution in [0.1, 0.15) is 28.5 Å². The van der Waals surface area contributed by atoms with Crippen molar-refractivity contribution in [1.29, 1.82) is 0 Å². The van der Waals surface area contributed by atoms with E-state index in [0.717, 1.165) is 38.8 Å². The van der Waals surface area contributed by atoms with Crippen LogP contribution in [0, 0.1) is 13.8 Å². The Labute approximate surface area is 125 Å². The molecule has 3 nitrogen and oxygen atoms in total. The average molecular weight is 302 g/mol. The van der Waals surface area contributed by atoms with Gasteiger partial charge in [-0.15, -0.1) is 11.3 Å². The number of H-pyrrole nitrogens is 1. The predicted molar refractivity (Wildman–Crippen MR) is 84.7 cm³/mol. The highest BCUT2D eigenvalue weighted by Crippen LogP contribution is 2.32. The van der Waals surface area contributed by atoms with Gasteiger partial charge in [0.1, 0.15) is 5.01 Å². The van der Waals surface area contributed by atoms with Crippen molar-refractivity contribution < 1.29 is 4.79 Å². The van der Waals surface area contributed by atoms with Gasteiger partial charge in [-0.3, -0.25) is 4.79 Å². The molecule has 3 rings (SSSR count). The molecular weight excluding hydrogens is 288 g/mol. The molecule has 3 aromatic heterocycles. The lowest BCUT2D eigenvalue weighted by molar-refractivity contribution is 0.101. The molecule has 0 unspecified atom stereocenters. The summed E-state index contributed by atoms with van der Waals surface area (Å²) in [7, 11) is 0. The molecule has 0 bridgehead atoms. The minimum Gasteiger partial charge on any atom is -0.356 e. The summed E-state index contributed by atoms with van der Waals surface area (Å²) in [6, 6.07) is 2.07. The second-order valence-corrected chi connectivity index (χ2v) is 6.37. The van der Waals surface area contributed by atoms with Crippen LogP contribution in [0.3, 0.4) is 0 Å². The predicted octanol–water partition coefficient (Wildman–Crippen LogP) is 4.69. The smallest absolute Gasteiger partial charge is 0.161 e. The van der Waals surface area contributed by atoms with Crippen molar-refractivity contribution in [2.45, 2.75) is 20.8 Å². The van der Waals surface area contributed by atoms with Gasteiger partial charge < -0.3 is 4.98 Å². The van der Waals surface area contributed by atoms with E-state index in [2.05, 4.69) is 21.4 Å². The van der Waals surface area contributed by atoms with Crippen LogP contribution < -0.4 is 0 Å². The first-order chi connectivity index (χ1) is 9.58. The number of aromatic amines is 1. The van der Waals surface area contributed by atoms with E-state index in [9.17, 15) is 4.79 Å². The second kappa shape index (κ2) is 5.00. The zero-order valence-corrected chi connectivity index (χ0v) is 13.1. The number of nitrogens with one attached hydrogen (secondary N) is 1. The Hall–Kier alpha value is -1.72. The fraction of sp³-hybridized carbons (Fsp3) is 0.200. The number of thiophene rings is 1. The molecule has 0 radical (unpaired) electrons. The first-order valence-corrected chi connectivity index (χ1v) is 8.08. The lowest BCUT2D eigenvalue weighted by Crippen LogP contribution is -1.94. The number of thiazole rings is 1. The maximum atomic E-state index is 11.7. The second-order valence-electron chi connectivity index (χ2n) is 4.73. The first-order valence-electron chi connectivity index (χ1n) is 6.26. The molecule has 20 heavy (non-hydrogen) atoms. The minimum atomic E-state index is 0.0933. The molecular formula is C15H14N2OS2. The molecule has 0 amide bonds. The van der Waals surface area contributed by atoms with Gasteiger partial charge in [0.15, 0.2) is 5.78 Å². The van der Waals surface area contributed by atoms with Crippen LogP contribution in [0.25, 0.3) is 22.0 Å². The number of carbonyl (C=O) groups is 1. The van der Waals surface area contributed by atoms with Crippen molar-refractivity contribution in [3.63, 3.8) is 0 Å². The number of rotatable bonds is 3. The Morgan fingerprint density at radius 1 is 1.30 bits per heavy atom. The van der Waals surface area contributed by atoms with E-state index in [4.69, 9.17) is 0 Å². The molecule has 0 fully saturated rings. The third-order valence-electron chi connectivity index (χ3n) is 3.32. The third kappa shape index (κ3) is 2.13. The minimum absolute atomic E-state index is 0.0933. The maximum Gasteiger partial charge on any atom is 0.161 e. The average Bonchev–Trinajstić information content (AvgIpc) is 3.08. The van der Waals surface area contributed by atoms with Gasteiger partial charge in [-0.05, 0) is 37.8 Å². The number of carbonyl (C=O) groups excluding carboxylic acids is 1. The molecule has 5 heteroatoms. The maximum absolute atomic E-state index is 11.7. The summed E-state index contributed by atoms with van der Waals surface area (Å²) in [6.07, 6.45) is 0. The van der Waals surface area contributed by atoms with E-state index < -0.39 is 0 Å². The summed E-state index contributed by atoms with van der Waals surface area (Å²) < 4.78 is 0. The summed E-state index contributed by atoms with van der Waals surface area (Å²) >= 11 is 3.29. The number of aromatic nitrogens is 2. The Morgan fingerprint density at radius 3 is 2.70 bits per heavy atom. The number of nitrogens with zero attached hydrogens (tertiary/aromatic N) is 1. The number of hydrogen-bond acceptors (Lipinski definition) is 4. The topological polar surface area (TPSA) is 45.8 Å². The molecule has 0 aliphatic carbocycles. The molecule has 102 valence electrons. The van der Waals surface area contributed by atoms with E-state index >= 15 is 0 Å². The first kappa shape index (κ1) is 13.3. The molecule has 0 aliphatic heterocycles. The summed E-state index contributed by atoms with van der Waals surface area (Å²) in [6.45, 7) is 5.50. The number of Topliss-reactive ketones (excluding diaryl/α,β-unsaturated/α-hetero) is 1. The van der Waals surface area contributed by atoms with Crippen LogP contribution in [0.4, 0.5) is 0 Å². The Kier molecular flexibility index (Phi) is 3.31. The van der Waals surface area contributed by atoms with Gasteiger partial charge in [-0.1, -0.05) is 0 Å². The molecule has 0 saturated carbocycles. The van der Waals surface area contributed by atoms with Gasteiger partial charge >= 0.3 is 0 Å². The highest BCUT2D eigenvalue weighted by molar-refractivity contribution is 7.14. The highest BCUT2D eigenvalue weighted by Gasteiger charge is 2.18. The van der Waals surface area contributed by atoms with Gasteiger partial charge in [-0.25, -0.2) is 4.98 Å². The highest BCUT2D eigenvalue weighted by atomic mass is 32.1. The Balaban J connectivity index is 2.06. The van der Waals surface area contributed by atoms with Gasteiger partial charge in [0.25, 0.3) is 0 Å². The zero-order valence-electron chi connectivity index (χ0n) is 11.5. The van der Waals surface area contributed by atoms with Crippen LogP contribution in [0.2, 0.25) is 0 Å². The van der Waals surface area contributed by atoms with E-state index in [0.29, 0.717) is 0 Å². The zero-order chi connectivity index (χ0) is 14.3. The lowest BCUT2D eigenvalue weighted by atomic mass is 10.1. The lowest BCUT2D eigenvalue weighted by Gasteiger charge is -1.96. The Morgan fingerprint density at radius 2 is 2.10 bits per heavy atom. The summed E-state index contributed by atoms with van der Waals surface area (Å²) in [5.41, 5.74) is 5.69. The summed E-state index contributed by atoms with van der Waals surface area (Å²) in [5, 5.41) is 7.19. The van der Waals surface area contributed by atoms with Crippen LogP contribution in [-0.4, -0.2) is 15.8 Å². The standard InChI is InChI=1S/C15H14N2OS2/c1-8-13(10(3)18)9(2)16-14(8)12-7-20-15(17-12)11-4-5-19-6-11/h4-7,16H,1-3H3. The third-order valence-corrected chi connectivity index (χ3v) is 4.89. The summed E-state index contributed by atoms with van der Waals surface area (Å²) in [5.74, 6) is 0.0933. The van der Waals surface area contributed by atoms with E-state index in [1.54, 1.807) is 29.6 Å². The van der Waals surface area contributed by atoms with Crippen molar-refractivity contribution in [3.05, 3.63) is 39.0 Å². The van der Waals surface area contributed by atoms with E-state index in [1.165, 1.54) is 0 Å². The molecule has 0 saturated heterocycles. The molecule has 3 aromatic rings. The van der Waals surface area contributed by atoms with Crippen molar-refractivity contribution in [1.82, 2.24) is 9.97 Å². The normalized spacial score (nSPS) is 10.9. The molecule has 3 heterocycles. The van der Waals surface area contributed by atoms with Crippen molar-refractivity contribution in [2.75, 3.05) is 0 Å². The molecule has 0 atom stereocenters. The largest absolute Gasteiger partial charge is 0.356 e. The van der Waals surface area contributed by atoms with Crippen molar-refractivity contribution >= 4 is 28.5 Å². The van der Waals surface area contributed by atoms with E-state index in [1.807, 2.05) is 24.6 Å². The quantitative estimate of drug-likeness (QED) is 0.714. The van der Waals surface area contributed by atoms with Gasteiger partial charge in [0.05, 0.1) is 11.4 Å². The van der Waals surface area contributed by atoms with Gasteiger partial charge in [0.2, 0.25) is 0 Å². The molecule has 0 spiro atoms. The van der Waals surface area contributed by atoms with E-state index in [-0.39, 0.29) is 5.78 Å². The molecule has 1 N–H and O–H groups in total. The number of ketones is 1. The number of aryl methyl sites for hydroxylation is 1. The van der Waals surface area contributed by atoms with Gasteiger partial charge in [-0.2, -0.15) is 11.3 Å². The fourth-order valence-electron chi connectivity index (χ4n) is 2.44. The SMILES string of the molecule is CC(=O)c1c(C)[nH]c(-c2csc(-c3ccsc3)n2)c1C.